The number of piperidine rings is 1. The molecule has 0 aromatic carbocycles. The SMILES string of the molecule is CC(C)(CNC(=O)[C@@H]1CCCCN1S(C)(=O)=O)N1CCOCC1. The van der Waals surface area contributed by atoms with Crippen LogP contribution in [0.1, 0.15) is 33.1 Å². The van der Waals surface area contributed by atoms with Crippen molar-refractivity contribution in [1.29, 1.82) is 0 Å². The van der Waals surface area contributed by atoms with E-state index in [-0.39, 0.29) is 11.4 Å². The predicted molar refractivity (Wildman–Crippen MR) is 88.7 cm³/mol. The fraction of sp³-hybridized carbons (Fsp3) is 0.933. The summed E-state index contributed by atoms with van der Waals surface area (Å²) in [6.07, 6.45) is 3.47. The van der Waals surface area contributed by atoms with Crippen LogP contribution >= 0.6 is 0 Å². The van der Waals surface area contributed by atoms with Crippen molar-refractivity contribution in [3.05, 3.63) is 0 Å². The third-order valence-corrected chi connectivity index (χ3v) is 6.03. The van der Waals surface area contributed by atoms with E-state index in [9.17, 15) is 13.2 Å². The molecule has 0 aromatic heterocycles. The summed E-state index contributed by atoms with van der Waals surface area (Å²) in [5.41, 5.74) is -0.177. The normalized spacial score (nSPS) is 25.3. The van der Waals surface area contributed by atoms with E-state index in [4.69, 9.17) is 4.74 Å². The number of morpholine rings is 1. The number of nitrogens with one attached hydrogen (secondary N) is 1. The first-order valence-electron chi connectivity index (χ1n) is 8.29. The highest BCUT2D eigenvalue weighted by Crippen LogP contribution is 2.21. The highest BCUT2D eigenvalue weighted by atomic mass is 32.2. The van der Waals surface area contributed by atoms with Gasteiger partial charge < -0.3 is 10.1 Å². The first kappa shape index (κ1) is 18.6. The summed E-state index contributed by atoms with van der Waals surface area (Å²) in [7, 11) is -3.35. The highest BCUT2D eigenvalue weighted by molar-refractivity contribution is 7.88. The molecule has 2 aliphatic heterocycles. The molecule has 0 aromatic rings. The summed E-state index contributed by atoms with van der Waals surface area (Å²) in [6, 6.07) is -0.570. The average molecular weight is 347 g/mol. The van der Waals surface area contributed by atoms with E-state index in [2.05, 4.69) is 24.1 Å². The van der Waals surface area contributed by atoms with E-state index in [0.717, 1.165) is 25.9 Å². The fourth-order valence-corrected chi connectivity index (χ4v) is 4.39. The van der Waals surface area contributed by atoms with E-state index >= 15 is 0 Å². The molecule has 0 bridgehead atoms. The van der Waals surface area contributed by atoms with Crippen LogP contribution in [0, 0.1) is 0 Å². The van der Waals surface area contributed by atoms with Crippen LogP contribution in [-0.4, -0.2) is 80.8 Å². The molecule has 1 N–H and O–H groups in total. The van der Waals surface area contributed by atoms with Gasteiger partial charge in [-0.05, 0) is 26.7 Å². The van der Waals surface area contributed by atoms with E-state index in [1.807, 2.05) is 0 Å². The summed E-state index contributed by atoms with van der Waals surface area (Å²) in [5, 5.41) is 2.96. The van der Waals surface area contributed by atoms with Crippen LogP contribution < -0.4 is 5.32 Å². The van der Waals surface area contributed by atoms with Gasteiger partial charge in [-0.1, -0.05) is 6.42 Å². The molecule has 2 aliphatic rings. The van der Waals surface area contributed by atoms with Crippen molar-refractivity contribution < 1.29 is 17.9 Å². The Labute approximate surface area is 139 Å². The molecule has 0 saturated carbocycles. The standard InChI is InChI=1S/C15H29N3O4S/c1-15(2,17-8-10-22-11-9-17)12-16-14(19)13-6-4-5-7-18(13)23(3,20)21/h13H,4-12H2,1-3H3,(H,16,19)/t13-/m0/s1. The molecule has 1 atom stereocenters. The second kappa shape index (κ2) is 7.46. The van der Waals surface area contributed by atoms with Gasteiger partial charge >= 0.3 is 0 Å². The van der Waals surface area contributed by atoms with Crippen LogP contribution in [0.2, 0.25) is 0 Å². The summed E-state index contributed by atoms with van der Waals surface area (Å²) >= 11 is 0. The molecule has 0 unspecified atom stereocenters. The van der Waals surface area contributed by atoms with Gasteiger partial charge in [-0.15, -0.1) is 0 Å². The number of carbonyl (C=O) groups excluding carboxylic acids is 1. The van der Waals surface area contributed by atoms with E-state index in [1.54, 1.807) is 0 Å². The minimum atomic E-state index is -3.35. The first-order chi connectivity index (χ1) is 10.7. The number of hydrogen-bond acceptors (Lipinski definition) is 5. The van der Waals surface area contributed by atoms with E-state index in [0.29, 0.717) is 32.7 Å². The van der Waals surface area contributed by atoms with Gasteiger partial charge in [-0.25, -0.2) is 8.42 Å². The minimum absolute atomic E-state index is 0.177. The Morgan fingerprint density at radius 2 is 1.87 bits per heavy atom. The molecule has 8 heteroatoms. The van der Waals surface area contributed by atoms with Gasteiger partial charge in [0.25, 0.3) is 0 Å². The van der Waals surface area contributed by atoms with Gasteiger partial charge in [-0.3, -0.25) is 9.69 Å². The number of rotatable bonds is 5. The molecule has 2 saturated heterocycles. The lowest BCUT2D eigenvalue weighted by Crippen LogP contribution is -2.58. The largest absolute Gasteiger partial charge is 0.379 e. The van der Waals surface area contributed by atoms with Crippen molar-refractivity contribution in [2.24, 2.45) is 0 Å². The number of sulfonamides is 1. The Bertz CT molecular complexity index is 515. The van der Waals surface area contributed by atoms with Crippen LogP contribution in [-0.2, 0) is 19.6 Å². The minimum Gasteiger partial charge on any atom is -0.379 e. The van der Waals surface area contributed by atoms with Crippen LogP contribution in [0.25, 0.3) is 0 Å². The van der Waals surface area contributed by atoms with Crippen molar-refractivity contribution >= 4 is 15.9 Å². The summed E-state index contributed by atoms with van der Waals surface area (Å²) < 4.78 is 30.5. The van der Waals surface area contributed by atoms with Gasteiger partial charge in [0, 0.05) is 31.7 Å². The zero-order valence-corrected chi connectivity index (χ0v) is 15.2. The smallest absolute Gasteiger partial charge is 0.238 e. The molecular formula is C15H29N3O4S. The number of ether oxygens (including phenoxy) is 1. The predicted octanol–water partition coefficient (Wildman–Crippen LogP) is 0.0275. The molecule has 23 heavy (non-hydrogen) atoms. The molecule has 7 nitrogen and oxygen atoms in total. The molecular weight excluding hydrogens is 318 g/mol. The van der Waals surface area contributed by atoms with Crippen molar-refractivity contribution in [3.8, 4) is 0 Å². The maximum absolute atomic E-state index is 12.5. The van der Waals surface area contributed by atoms with Crippen molar-refractivity contribution in [1.82, 2.24) is 14.5 Å². The number of amides is 1. The van der Waals surface area contributed by atoms with E-state index in [1.165, 1.54) is 10.6 Å². The Kier molecular flexibility index (Phi) is 6.05. The molecule has 2 heterocycles. The summed E-state index contributed by atoms with van der Waals surface area (Å²) in [6.45, 7) is 8.23. The van der Waals surface area contributed by atoms with Crippen molar-refractivity contribution in [3.63, 3.8) is 0 Å². The van der Waals surface area contributed by atoms with Crippen LogP contribution in [0.5, 0.6) is 0 Å². The maximum Gasteiger partial charge on any atom is 0.238 e. The number of hydrogen-bond donors (Lipinski definition) is 1. The van der Waals surface area contributed by atoms with E-state index < -0.39 is 16.1 Å². The Balaban J connectivity index is 1.94. The zero-order valence-electron chi connectivity index (χ0n) is 14.4. The van der Waals surface area contributed by atoms with Crippen LogP contribution in [0.4, 0.5) is 0 Å². The topological polar surface area (TPSA) is 79.0 Å². The molecule has 2 fully saturated rings. The molecule has 2 rings (SSSR count). The first-order valence-corrected chi connectivity index (χ1v) is 10.1. The van der Waals surface area contributed by atoms with Gasteiger partial charge in [0.2, 0.25) is 15.9 Å². The molecule has 0 aliphatic carbocycles. The lowest BCUT2D eigenvalue weighted by molar-refractivity contribution is -0.126. The second-order valence-electron chi connectivity index (χ2n) is 7.01. The lowest BCUT2D eigenvalue weighted by Gasteiger charge is -2.41. The third kappa shape index (κ3) is 4.89. The van der Waals surface area contributed by atoms with Gasteiger partial charge in [0.1, 0.15) is 6.04 Å². The van der Waals surface area contributed by atoms with Gasteiger partial charge in [-0.2, -0.15) is 4.31 Å². The molecule has 0 radical (unpaired) electrons. The second-order valence-corrected chi connectivity index (χ2v) is 8.95. The molecule has 0 spiro atoms. The summed E-state index contributed by atoms with van der Waals surface area (Å²) in [5.74, 6) is -0.184. The Morgan fingerprint density at radius 1 is 1.22 bits per heavy atom. The Morgan fingerprint density at radius 3 is 2.48 bits per heavy atom. The van der Waals surface area contributed by atoms with Crippen molar-refractivity contribution in [2.75, 3.05) is 45.6 Å². The number of nitrogens with zero attached hydrogens (tertiary/aromatic N) is 2. The van der Waals surface area contributed by atoms with Crippen molar-refractivity contribution in [2.45, 2.75) is 44.7 Å². The highest BCUT2D eigenvalue weighted by Gasteiger charge is 2.36. The monoisotopic (exact) mass is 347 g/mol. The molecule has 1 amide bonds. The Hall–Kier alpha value is -0.700. The van der Waals surface area contributed by atoms with Crippen LogP contribution in [0.15, 0.2) is 0 Å². The third-order valence-electron chi connectivity index (χ3n) is 4.74. The average Bonchev–Trinajstić information content (AvgIpc) is 2.53. The zero-order chi connectivity index (χ0) is 17.1. The van der Waals surface area contributed by atoms with Gasteiger partial charge in [0.15, 0.2) is 0 Å². The number of carbonyl (C=O) groups is 1. The quantitative estimate of drug-likeness (QED) is 0.759. The fourth-order valence-electron chi connectivity index (χ4n) is 3.27. The summed E-state index contributed by atoms with van der Waals surface area (Å²) in [4.78, 5) is 14.8. The lowest BCUT2D eigenvalue weighted by atomic mass is 10.0. The molecule has 134 valence electrons. The van der Waals surface area contributed by atoms with Gasteiger partial charge in [0.05, 0.1) is 19.5 Å². The van der Waals surface area contributed by atoms with Crippen LogP contribution in [0.3, 0.4) is 0 Å². The maximum atomic E-state index is 12.5.